The Kier molecular flexibility index (Phi) is 8.25. The number of hydrogen-bond acceptors (Lipinski definition) is 5. The number of rotatable bonds is 10. The summed E-state index contributed by atoms with van der Waals surface area (Å²) in [6, 6.07) is 13.5. The highest BCUT2D eigenvalue weighted by atomic mass is 35.5. The van der Waals surface area contributed by atoms with E-state index in [1.807, 2.05) is 30.3 Å². The van der Waals surface area contributed by atoms with Gasteiger partial charge in [0.05, 0.1) is 30.2 Å². The second-order valence-electron chi connectivity index (χ2n) is 5.94. The van der Waals surface area contributed by atoms with Crippen LogP contribution in [-0.2, 0) is 21.2 Å². The van der Waals surface area contributed by atoms with E-state index in [1.54, 1.807) is 0 Å². The van der Waals surface area contributed by atoms with Crippen LogP contribution < -0.4 is 10.1 Å². The number of sulfonamides is 1. The zero-order valence-electron chi connectivity index (χ0n) is 15.5. The third kappa shape index (κ3) is 5.93. The van der Waals surface area contributed by atoms with Crippen molar-refractivity contribution < 1.29 is 23.1 Å². The van der Waals surface area contributed by atoms with Crippen molar-refractivity contribution in [3.8, 4) is 5.75 Å². The lowest BCUT2D eigenvalue weighted by molar-refractivity contribution is -0.121. The van der Waals surface area contributed by atoms with Crippen LogP contribution in [0.2, 0.25) is 5.02 Å². The summed E-state index contributed by atoms with van der Waals surface area (Å²) in [5.74, 6) is -0.137. The van der Waals surface area contributed by atoms with Crippen molar-refractivity contribution in [2.75, 3.05) is 33.4 Å². The highest BCUT2D eigenvalue weighted by Gasteiger charge is 2.27. The Morgan fingerprint density at radius 3 is 2.54 bits per heavy atom. The van der Waals surface area contributed by atoms with E-state index in [2.05, 4.69) is 5.32 Å². The molecule has 2 rings (SSSR count). The van der Waals surface area contributed by atoms with Crippen LogP contribution in [0.25, 0.3) is 0 Å². The van der Waals surface area contributed by atoms with Gasteiger partial charge in [-0.3, -0.25) is 4.79 Å². The first-order valence-electron chi connectivity index (χ1n) is 8.63. The molecule has 2 aromatic rings. The van der Waals surface area contributed by atoms with Crippen LogP contribution in [0.4, 0.5) is 0 Å². The second kappa shape index (κ2) is 10.4. The minimum absolute atomic E-state index is 0.0266. The Balaban J connectivity index is 2.26. The number of amides is 1. The van der Waals surface area contributed by atoms with Gasteiger partial charge in [0.2, 0.25) is 15.9 Å². The van der Waals surface area contributed by atoms with Crippen LogP contribution >= 0.6 is 11.6 Å². The molecular weight excluding hydrogens is 404 g/mol. The monoisotopic (exact) mass is 426 g/mol. The molecule has 1 amide bonds. The quantitative estimate of drug-likeness (QED) is 0.602. The number of hydrogen-bond donors (Lipinski definition) is 2. The zero-order valence-corrected chi connectivity index (χ0v) is 17.0. The average Bonchev–Trinajstić information content (AvgIpc) is 2.70. The molecule has 0 aliphatic heterocycles. The number of carbonyl (C=O) groups is 1. The molecule has 0 aliphatic rings. The fourth-order valence-electron chi connectivity index (χ4n) is 2.55. The lowest BCUT2D eigenvalue weighted by atomic mass is 10.1. The van der Waals surface area contributed by atoms with E-state index in [9.17, 15) is 13.2 Å². The molecule has 0 atom stereocenters. The smallest absolute Gasteiger partial charge is 0.243 e. The van der Waals surface area contributed by atoms with E-state index in [4.69, 9.17) is 21.4 Å². The Morgan fingerprint density at radius 1 is 1.21 bits per heavy atom. The first kappa shape index (κ1) is 22.2. The number of carbonyl (C=O) groups excluding carboxylic acids is 1. The molecule has 7 nitrogen and oxygen atoms in total. The van der Waals surface area contributed by atoms with Gasteiger partial charge < -0.3 is 15.2 Å². The van der Waals surface area contributed by atoms with Crippen molar-refractivity contribution in [2.45, 2.75) is 11.3 Å². The molecule has 28 heavy (non-hydrogen) atoms. The van der Waals surface area contributed by atoms with Crippen LogP contribution in [0.15, 0.2) is 53.4 Å². The van der Waals surface area contributed by atoms with Gasteiger partial charge in [-0.1, -0.05) is 41.9 Å². The van der Waals surface area contributed by atoms with E-state index >= 15 is 0 Å². The fourth-order valence-corrected chi connectivity index (χ4v) is 4.30. The van der Waals surface area contributed by atoms with Crippen molar-refractivity contribution in [1.29, 1.82) is 0 Å². The molecule has 2 aromatic carbocycles. The Bertz CT molecular complexity index is 890. The summed E-state index contributed by atoms with van der Waals surface area (Å²) in [7, 11) is -2.53. The number of halogens is 1. The van der Waals surface area contributed by atoms with Crippen LogP contribution in [0, 0.1) is 0 Å². The van der Waals surface area contributed by atoms with Crippen molar-refractivity contribution in [3.05, 3.63) is 59.1 Å². The third-order valence-corrected chi connectivity index (χ3v) is 6.14. The molecule has 0 saturated carbocycles. The summed E-state index contributed by atoms with van der Waals surface area (Å²) in [5.41, 5.74) is 0.950. The summed E-state index contributed by atoms with van der Waals surface area (Å²) >= 11 is 6.07. The van der Waals surface area contributed by atoms with Crippen LogP contribution in [-0.4, -0.2) is 57.1 Å². The molecule has 9 heteroatoms. The standard InChI is InChI=1S/C19H23ClN2O5S/c1-27-18-8-7-16(13-17(18)20)28(25,26)22(14-19(24)21-10-12-23)11-9-15-5-3-2-4-6-15/h2-8,13,23H,9-12,14H2,1H3,(H,21,24). The fraction of sp³-hybridized carbons (Fsp3) is 0.316. The van der Waals surface area contributed by atoms with Gasteiger partial charge in [-0.25, -0.2) is 8.42 Å². The van der Waals surface area contributed by atoms with Crippen molar-refractivity contribution in [3.63, 3.8) is 0 Å². The highest BCUT2D eigenvalue weighted by molar-refractivity contribution is 7.89. The molecule has 0 unspecified atom stereocenters. The van der Waals surface area contributed by atoms with Crippen LogP contribution in [0.3, 0.4) is 0 Å². The van der Waals surface area contributed by atoms with Gasteiger partial charge in [-0.2, -0.15) is 4.31 Å². The molecule has 0 heterocycles. The maximum absolute atomic E-state index is 13.1. The number of aliphatic hydroxyl groups excluding tert-OH is 1. The van der Waals surface area contributed by atoms with Crippen molar-refractivity contribution in [2.24, 2.45) is 0 Å². The largest absolute Gasteiger partial charge is 0.495 e. The normalized spacial score (nSPS) is 11.4. The molecule has 2 N–H and O–H groups in total. The predicted octanol–water partition coefficient (Wildman–Crippen LogP) is 1.69. The van der Waals surface area contributed by atoms with Crippen LogP contribution in [0.5, 0.6) is 5.75 Å². The Hall–Kier alpha value is -2.13. The summed E-state index contributed by atoms with van der Waals surface area (Å²) in [4.78, 5) is 12.1. The minimum Gasteiger partial charge on any atom is -0.495 e. The second-order valence-corrected chi connectivity index (χ2v) is 8.29. The number of methoxy groups -OCH3 is 1. The Labute approximate surface area is 169 Å². The maximum Gasteiger partial charge on any atom is 0.243 e. The first-order valence-corrected chi connectivity index (χ1v) is 10.5. The van der Waals surface area contributed by atoms with Gasteiger partial charge in [0.25, 0.3) is 0 Å². The predicted molar refractivity (Wildman–Crippen MR) is 107 cm³/mol. The average molecular weight is 427 g/mol. The van der Waals surface area contributed by atoms with Gasteiger partial charge in [0.1, 0.15) is 5.75 Å². The number of nitrogens with zero attached hydrogens (tertiary/aromatic N) is 1. The molecule has 0 aliphatic carbocycles. The van der Waals surface area contributed by atoms with Gasteiger partial charge in [-0.05, 0) is 30.2 Å². The molecular formula is C19H23ClN2O5S. The SMILES string of the molecule is COc1ccc(S(=O)(=O)N(CCc2ccccc2)CC(=O)NCCO)cc1Cl. The lowest BCUT2D eigenvalue weighted by Gasteiger charge is -2.22. The van der Waals surface area contributed by atoms with Gasteiger partial charge >= 0.3 is 0 Å². The maximum atomic E-state index is 13.1. The van der Waals surface area contributed by atoms with E-state index in [-0.39, 0.29) is 36.2 Å². The Morgan fingerprint density at radius 2 is 1.93 bits per heavy atom. The third-order valence-electron chi connectivity index (χ3n) is 4.01. The van der Waals surface area contributed by atoms with Crippen molar-refractivity contribution in [1.82, 2.24) is 9.62 Å². The number of aliphatic hydroxyl groups is 1. The van der Waals surface area contributed by atoms with E-state index in [0.717, 1.165) is 9.87 Å². The molecule has 0 bridgehead atoms. The zero-order chi connectivity index (χ0) is 20.6. The van der Waals surface area contributed by atoms with E-state index in [0.29, 0.717) is 12.2 Å². The van der Waals surface area contributed by atoms with E-state index in [1.165, 1.54) is 25.3 Å². The minimum atomic E-state index is -3.97. The topological polar surface area (TPSA) is 95.9 Å². The molecule has 0 aromatic heterocycles. The summed E-state index contributed by atoms with van der Waals surface area (Å²) in [6.45, 7) is -0.419. The van der Waals surface area contributed by atoms with Gasteiger partial charge in [0.15, 0.2) is 0 Å². The van der Waals surface area contributed by atoms with Gasteiger partial charge in [-0.15, -0.1) is 0 Å². The highest BCUT2D eigenvalue weighted by Crippen LogP contribution is 2.28. The van der Waals surface area contributed by atoms with Gasteiger partial charge in [0, 0.05) is 13.1 Å². The summed E-state index contributed by atoms with van der Waals surface area (Å²) in [6.07, 6.45) is 0.442. The molecule has 0 spiro atoms. The van der Waals surface area contributed by atoms with E-state index < -0.39 is 15.9 Å². The number of benzene rings is 2. The number of nitrogens with one attached hydrogen (secondary N) is 1. The van der Waals surface area contributed by atoms with Crippen molar-refractivity contribution >= 4 is 27.5 Å². The summed E-state index contributed by atoms with van der Waals surface area (Å²) < 4.78 is 32.4. The molecule has 0 fully saturated rings. The first-order chi connectivity index (χ1) is 13.4. The molecule has 152 valence electrons. The molecule has 0 radical (unpaired) electrons. The summed E-state index contributed by atoms with van der Waals surface area (Å²) in [5, 5.41) is 11.5. The lowest BCUT2D eigenvalue weighted by Crippen LogP contribution is -2.42. The molecule has 0 saturated heterocycles. The van der Waals surface area contributed by atoms with Crippen LogP contribution in [0.1, 0.15) is 5.56 Å². The number of ether oxygens (including phenoxy) is 1.